The average Bonchev–Trinajstić information content (AvgIpc) is 3.17. The lowest BCUT2D eigenvalue weighted by molar-refractivity contribution is 0.0954. The standard InChI is InChI=1S/C21H25BrN4O2.HI/c1-23-21(25-9-7-15-5-6-19-16(13-15)8-12-28-19)26-11-10-24-20(27)17-3-2-4-18(22)14-17;/h2-6,13-14H,7-12H2,1H3,(H,24,27)(H2,23,25,26);1H. The molecule has 6 nitrogen and oxygen atoms in total. The van der Waals surface area contributed by atoms with Gasteiger partial charge in [0.15, 0.2) is 5.96 Å². The summed E-state index contributed by atoms with van der Waals surface area (Å²) in [5, 5.41) is 9.41. The maximum absolute atomic E-state index is 12.1. The fourth-order valence-electron chi connectivity index (χ4n) is 3.03. The van der Waals surface area contributed by atoms with E-state index in [1.54, 1.807) is 19.2 Å². The molecule has 0 aliphatic carbocycles. The molecule has 1 aliphatic rings. The number of fused-ring (bicyclic) bond motifs is 1. The first kappa shape index (κ1) is 23.5. The first-order valence-corrected chi connectivity index (χ1v) is 10.2. The van der Waals surface area contributed by atoms with Gasteiger partial charge < -0.3 is 20.7 Å². The lowest BCUT2D eigenvalue weighted by Gasteiger charge is -2.13. The molecular weight excluding hydrogens is 547 g/mol. The van der Waals surface area contributed by atoms with E-state index < -0.39 is 0 Å². The number of hydrogen-bond acceptors (Lipinski definition) is 3. The summed E-state index contributed by atoms with van der Waals surface area (Å²) in [5.41, 5.74) is 3.21. The van der Waals surface area contributed by atoms with E-state index in [-0.39, 0.29) is 29.9 Å². The Morgan fingerprint density at radius 1 is 1.10 bits per heavy atom. The van der Waals surface area contributed by atoms with Crippen LogP contribution >= 0.6 is 39.9 Å². The Balaban J connectivity index is 0.00000300. The Bertz CT molecular complexity index is 860. The van der Waals surface area contributed by atoms with E-state index in [1.165, 1.54) is 11.1 Å². The Morgan fingerprint density at radius 2 is 1.90 bits per heavy atom. The molecule has 1 aliphatic heterocycles. The molecule has 156 valence electrons. The van der Waals surface area contributed by atoms with Crippen LogP contribution in [0.25, 0.3) is 0 Å². The van der Waals surface area contributed by atoms with E-state index in [4.69, 9.17) is 4.74 Å². The van der Waals surface area contributed by atoms with Gasteiger partial charge in [-0.05, 0) is 41.8 Å². The number of carbonyl (C=O) groups excluding carboxylic acids is 1. The van der Waals surface area contributed by atoms with Gasteiger partial charge in [0.2, 0.25) is 0 Å². The molecule has 0 spiro atoms. The second-order valence-corrected chi connectivity index (χ2v) is 7.40. The molecule has 0 saturated carbocycles. The van der Waals surface area contributed by atoms with Crippen molar-refractivity contribution in [2.75, 3.05) is 33.3 Å². The highest BCUT2D eigenvalue weighted by atomic mass is 127. The summed E-state index contributed by atoms with van der Waals surface area (Å²) in [5.74, 6) is 1.65. The minimum atomic E-state index is -0.0911. The first-order chi connectivity index (χ1) is 13.7. The second kappa shape index (κ2) is 12.0. The first-order valence-electron chi connectivity index (χ1n) is 9.38. The van der Waals surface area contributed by atoms with Gasteiger partial charge in [-0.1, -0.05) is 34.1 Å². The van der Waals surface area contributed by atoms with E-state index in [0.717, 1.165) is 42.2 Å². The molecule has 8 heteroatoms. The van der Waals surface area contributed by atoms with Crippen LogP contribution in [0.2, 0.25) is 0 Å². The maximum atomic E-state index is 12.1. The zero-order valence-electron chi connectivity index (χ0n) is 16.3. The monoisotopic (exact) mass is 572 g/mol. The van der Waals surface area contributed by atoms with Crippen LogP contribution in [0, 0.1) is 0 Å². The van der Waals surface area contributed by atoms with Crippen molar-refractivity contribution < 1.29 is 9.53 Å². The van der Waals surface area contributed by atoms with E-state index >= 15 is 0 Å². The molecule has 0 aromatic heterocycles. The molecule has 0 atom stereocenters. The predicted octanol–water partition coefficient (Wildman–Crippen LogP) is 3.14. The Hall–Kier alpha value is -1.81. The van der Waals surface area contributed by atoms with Gasteiger partial charge in [-0.2, -0.15) is 0 Å². The van der Waals surface area contributed by atoms with Gasteiger partial charge in [0, 0.05) is 43.1 Å². The minimum Gasteiger partial charge on any atom is -0.493 e. The molecule has 29 heavy (non-hydrogen) atoms. The fraction of sp³-hybridized carbons (Fsp3) is 0.333. The average molecular weight is 573 g/mol. The van der Waals surface area contributed by atoms with Crippen LogP contribution in [-0.2, 0) is 12.8 Å². The number of ether oxygens (including phenoxy) is 1. The van der Waals surface area contributed by atoms with Crippen molar-refractivity contribution in [1.82, 2.24) is 16.0 Å². The molecule has 1 heterocycles. The molecule has 2 aromatic carbocycles. The zero-order valence-corrected chi connectivity index (χ0v) is 20.3. The van der Waals surface area contributed by atoms with Crippen molar-refractivity contribution in [2.24, 2.45) is 4.99 Å². The molecule has 0 saturated heterocycles. The van der Waals surface area contributed by atoms with Gasteiger partial charge in [-0.3, -0.25) is 9.79 Å². The Labute approximate surface area is 197 Å². The van der Waals surface area contributed by atoms with Gasteiger partial charge >= 0.3 is 0 Å². The van der Waals surface area contributed by atoms with Crippen LogP contribution in [0.1, 0.15) is 21.5 Å². The lowest BCUT2D eigenvalue weighted by Crippen LogP contribution is -2.42. The van der Waals surface area contributed by atoms with Crippen molar-refractivity contribution in [3.63, 3.8) is 0 Å². The molecule has 1 amide bonds. The summed E-state index contributed by atoms with van der Waals surface area (Å²) in [6.07, 6.45) is 1.90. The van der Waals surface area contributed by atoms with Crippen LogP contribution in [-0.4, -0.2) is 45.2 Å². The number of amides is 1. The Morgan fingerprint density at radius 3 is 2.69 bits per heavy atom. The number of aliphatic imine (C=N–C) groups is 1. The summed E-state index contributed by atoms with van der Waals surface area (Å²) < 4.78 is 6.43. The summed E-state index contributed by atoms with van der Waals surface area (Å²) >= 11 is 3.37. The molecule has 0 radical (unpaired) electrons. The third-order valence-corrected chi connectivity index (χ3v) is 4.97. The number of hydrogen-bond donors (Lipinski definition) is 3. The van der Waals surface area contributed by atoms with Crippen LogP contribution in [0.3, 0.4) is 0 Å². The third kappa shape index (κ3) is 7.18. The van der Waals surface area contributed by atoms with Gasteiger partial charge in [-0.25, -0.2) is 0 Å². The van der Waals surface area contributed by atoms with Crippen molar-refractivity contribution in [1.29, 1.82) is 0 Å². The topological polar surface area (TPSA) is 74.8 Å². The summed E-state index contributed by atoms with van der Waals surface area (Å²) in [6.45, 7) is 2.67. The van der Waals surface area contributed by atoms with Crippen LogP contribution in [0.5, 0.6) is 5.75 Å². The molecule has 0 unspecified atom stereocenters. The SMILES string of the molecule is CN=C(NCCNC(=O)c1cccc(Br)c1)NCCc1ccc2c(c1)CCO2.I. The van der Waals surface area contributed by atoms with Crippen LogP contribution in [0.15, 0.2) is 51.9 Å². The van der Waals surface area contributed by atoms with Gasteiger partial charge in [0.1, 0.15) is 5.75 Å². The smallest absolute Gasteiger partial charge is 0.251 e. The second-order valence-electron chi connectivity index (χ2n) is 6.48. The zero-order chi connectivity index (χ0) is 19.8. The van der Waals surface area contributed by atoms with Crippen molar-refractivity contribution in [3.05, 3.63) is 63.6 Å². The molecule has 2 aromatic rings. The summed E-state index contributed by atoms with van der Waals surface area (Å²) in [4.78, 5) is 16.3. The quantitative estimate of drug-likeness (QED) is 0.206. The summed E-state index contributed by atoms with van der Waals surface area (Å²) in [7, 11) is 1.74. The fourth-order valence-corrected chi connectivity index (χ4v) is 3.43. The van der Waals surface area contributed by atoms with Crippen molar-refractivity contribution >= 4 is 51.8 Å². The number of guanidine groups is 1. The highest BCUT2D eigenvalue weighted by molar-refractivity contribution is 14.0. The van der Waals surface area contributed by atoms with E-state index in [1.807, 2.05) is 12.1 Å². The molecule has 3 N–H and O–H groups in total. The molecule has 0 bridgehead atoms. The number of halogens is 2. The molecule has 0 fully saturated rings. The normalized spacial score (nSPS) is 12.4. The number of nitrogens with zero attached hydrogens (tertiary/aromatic N) is 1. The minimum absolute atomic E-state index is 0. The van der Waals surface area contributed by atoms with E-state index in [9.17, 15) is 4.79 Å². The largest absolute Gasteiger partial charge is 0.493 e. The Kier molecular flexibility index (Phi) is 9.72. The van der Waals surface area contributed by atoms with Gasteiger partial charge in [0.05, 0.1) is 6.61 Å². The summed E-state index contributed by atoms with van der Waals surface area (Å²) in [6, 6.07) is 13.7. The predicted molar refractivity (Wildman–Crippen MR) is 131 cm³/mol. The van der Waals surface area contributed by atoms with Crippen molar-refractivity contribution in [3.8, 4) is 5.75 Å². The molecule has 3 rings (SSSR count). The van der Waals surface area contributed by atoms with Crippen molar-refractivity contribution in [2.45, 2.75) is 12.8 Å². The molecular formula is C21H26BrIN4O2. The van der Waals surface area contributed by atoms with Gasteiger partial charge in [0.25, 0.3) is 5.91 Å². The number of rotatable bonds is 7. The van der Waals surface area contributed by atoms with E-state index in [0.29, 0.717) is 18.7 Å². The number of nitrogens with one attached hydrogen (secondary N) is 3. The van der Waals surface area contributed by atoms with Crippen LogP contribution in [0.4, 0.5) is 0 Å². The number of benzene rings is 2. The lowest BCUT2D eigenvalue weighted by atomic mass is 10.1. The van der Waals surface area contributed by atoms with Crippen LogP contribution < -0.4 is 20.7 Å². The number of carbonyl (C=O) groups is 1. The highest BCUT2D eigenvalue weighted by Gasteiger charge is 2.11. The highest BCUT2D eigenvalue weighted by Crippen LogP contribution is 2.25. The third-order valence-electron chi connectivity index (χ3n) is 4.47. The van der Waals surface area contributed by atoms with Gasteiger partial charge in [-0.15, -0.1) is 24.0 Å². The van der Waals surface area contributed by atoms with E-state index in [2.05, 4.69) is 55.1 Å². The maximum Gasteiger partial charge on any atom is 0.251 e.